The maximum atomic E-state index is 10.6. The third-order valence-corrected chi connectivity index (χ3v) is 2.83. The van der Waals surface area contributed by atoms with Crippen molar-refractivity contribution in [2.45, 2.75) is 19.3 Å². The van der Waals surface area contributed by atoms with Gasteiger partial charge in [0.2, 0.25) is 0 Å². The van der Waals surface area contributed by atoms with Crippen molar-refractivity contribution in [3.05, 3.63) is 0 Å². The quantitative estimate of drug-likeness (QED) is 0.679. The van der Waals surface area contributed by atoms with Crippen molar-refractivity contribution >= 4 is 5.97 Å². The molecular weight excluding hydrogens is 154 g/mol. The molecule has 2 fully saturated rings. The smallest absolute Gasteiger partial charge is 0.307 e. The molecule has 1 saturated heterocycles. The molecule has 1 atom stereocenters. The van der Waals surface area contributed by atoms with E-state index in [0.717, 1.165) is 32.0 Å². The van der Waals surface area contributed by atoms with E-state index in [1.165, 1.54) is 12.8 Å². The van der Waals surface area contributed by atoms with Crippen LogP contribution in [0.2, 0.25) is 0 Å². The Bertz CT molecular complexity index is 189. The van der Waals surface area contributed by atoms with Crippen molar-refractivity contribution in [2.75, 3.05) is 19.6 Å². The van der Waals surface area contributed by atoms with Crippen LogP contribution in [0.1, 0.15) is 19.3 Å². The van der Waals surface area contributed by atoms with Crippen LogP contribution in [0.3, 0.4) is 0 Å². The molecule has 12 heavy (non-hydrogen) atoms. The van der Waals surface area contributed by atoms with E-state index in [1.807, 2.05) is 0 Å². The summed E-state index contributed by atoms with van der Waals surface area (Å²) >= 11 is 0. The lowest BCUT2D eigenvalue weighted by Gasteiger charge is -2.13. The summed E-state index contributed by atoms with van der Waals surface area (Å²) in [5.74, 6) is 0.176. The normalized spacial score (nSPS) is 30.8. The summed E-state index contributed by atoms with van der Waals surface area (Å²) in [5.41, 5.74) is 0. The Hall–Kier alpha value is -0.570. The van der Waals surface area contributed by atoms with Crippen molar-refractivity contribution in [3.8, 4) is 0 Å². The van der Waals surface area contributed by atoms with Crippen LogP contribution in [0.25, 0.3) is 0 Å². The number of hydrogen-bond donors (Lipinski definition) is 1. The van der Waals surface area contributed by atoms with Crippen molar-refractivity contribution in [1.82, 2.24) is 4.90 Å². The van der Waals surface area contributed by atoms with Gasteiger partial charge in [0.05, 0.1) is 5.92 Å². The molecule has 0 amide bonds. The molecule has 3 nitrogen and oxygen atoms in total. The van der Waals surface area contributed by atoms with E-state index in [2.05, 4.69) is 4.90 Å². The molecule has 0 aromatic rings. The standard InChI is InChI=1S/C9H15NO2/c11-9(12)8-3-4-10(6-8)5-7-1-2-7/h7-8H,1-6H2,(H,11,12). The summed E-state index contributed by atoms with van der Waals surface area (Å²) in [4.78, 5) is 12.9. The maximum absolute atomic E-state index is 10.6. The van der Waals surface area contributed by atoms with Crippen LogP contribution in [-0.4, -0.2) is 35.6 Å². The number of carboxylic acids is 1. The first-order chi connectivity index (χ1) is 5.75. The zero-order valence-electron chi connectivity index (χ0n) is 7.20. The molecule has 2 rings (SSSR count). The molecule has 1 heterocycles. The van der Waals surface area contributed by atoms with Crippen molar-refractivity contribution < 1.29 is 9.90 Å². The molecule has 3 heteroatoms. The van der Waals surface area contributed by atoms with Crippen LogP contribution in [0.5, 0.6) is 0 Å². The summed E-state index contributed by atoms with van der Waals surface area (Å²) in [7, 11) is 0. The van der Waals surface area contributed by atoms with Gasteiger partial charge < -0.3 is 10.0 Å². The average molecular weight is 169 g/mol. The highest BCUT2D eigenvalue weighted by atomic mass is 16.4. The van der Waals surface area contributed by atoms with Crippen LogP contribution in [0.15, 0.2) is 0 Å². The minimum absolute atomic E-state index is 0.0938. The van der Waals surface area contributed by atoms with E-state index in [-0.39, 0.29) is 5.92 Å². The van der Waals surface area contributed by atoms with Gasteiger partial charge in [-0.05, 0) is 31.7 Å². The Morgan fingerprint density at radius 2 is 2.17 bits per heavy atom. The number of hydrogen-bond acceptors (Lipinski definition) is 2. The lowest BCUT2D eigenvalue weighted by Crippen LogP contribution is -2.25. The Kier molecular flexibility index (Phi) is 2.05. The summed E-state index contributed by atoms with van der Waals surface area (Å²) in [5, 5.41) is 8.75. The highest BCUT2D eigenvalue weighted by Crippen LogP contribution is 2.31. The van der Waals surface area contributed by atoms with Crippen molar-refractivity contribution in [1.29, 1.82) is 0 Å². The first-order valence-corrected chi connectivity index (χ1v) is 4.71. The van der Waals surface area contributed by atoms with E-state index in [9.17, 15) is 4.79 Å². The largest absolute Gasteiger partial charge is 0.481 e. The molecule has 1 aliphatic heterocycles. The Morgan fingerprint density at radius 3 is 2.67 bits per heavy atom. The molecule has 0 radical (unpaired) electrons. The first-order valence-electron chi connectivity index (χ1n) is 4.71. The van der Waals surface area contributed by atoms with Crippen LogP contribution in [-0.2, 0) is 4.79 Å². The molecule has 1 unspecified atom stereocenters. The van der Waals surface area contributed by atoms with Gasteiger partial charge in [-0.15, -0.1) is 0 Å². The first kappa shape index (κ1) is 8.05. The number of carbonyl (C=O) groups is 1. The fourth-order valence-electron chi connectivity index (χ4n) is 1.87. The third-order valence-electron chi connectivity index (χ3n) is 2.83. The highest BCUT2D eigenvalue weighted by molar-refractivity contribution is 5.70. The number of rotatable bonds is 3. The van der Waals surface area contributed by atoms with Gasteiger partial charge in [-0.1, -0.05) is 0 Å². The van der Waals surface area contributed by atoms with Crippen molar-refractivity contribution in [2.24, 2.45) is 11.8 Å². The van der Waals surface area contributed by atoms with E-state index in [4.69, 9.17) is 5.11 Å². The Balaban J connectivity index is 1.76. The Labute approximate surface area is 72.4 Å². The predicted molar refractivity (Wildman–Crippen MR) is 44.9 cm³/mol. The van der Waals surface area contributed by atoms with Gasteiger partial charge in [-0.2, -0.15) is 0 Å². The van der Waals surface area contributed by atoms with E-state index in [1.54, 1.807) is 0 Å². The van der Waals surface area contributed by atoms with Crippen LogP contribution >= 0.6 is 0 Å². The summed E-state index contributed by atoms with van der Waals surface area (Å²) in [6, 6.07) is 0. The molecule has 2 aliphatic rings. The molecule has 0 aromatic heterocycles. The third kappa shape index (κ3) is 1.78. The van der Waals surface area contributed by atoms with Crippen LogP contribution < -0.4 is 0 Å². The van der Waals surface area contributed by atoms with E-state index < -0.39 is 5.97 Å². The average Bonchev–Trinajstić information content (AvgIpc) is 2.66. The van der Waals surface area contributed by atoms with Gasteiger partial charge in [0, 0.05) is 13.1 Å². The highest BCUT2D eigenvalue weighted by Gasteiger charge is 2.31. The molecule has 0 spiro atoms. The zero-order valence-corrected chi connectivity index (χ0v) is 7.20. The lowest BCUT2D eigenvalue weighted by molar-refractivity contribution is -0.141. The lowest BCUT2D eigenvalue weighted by atomic mass is 10.1. The minimum atomic E-state index is -0.617. The Morgan fingerprint density at radius 1 is 1.42 bits per heavy atom. The molecule has 0 bridgehead atoms. The second-order valence-electron chi connectivity index (χ2n) is 4.03. The second kappa shape index (κ2) is 3.05. The van der Waals surface area contributed by atoms with Crippen LogP contribution in [0.4, 0.5) is 0 Å². The van der Waals surface area contributed by atoms with Crippen LogP contribution in [0, 0.1) is 11.8 Å². The fourth-order valence-corrected chi connectivity index (χ4v) is 1.87. The van der Waals surface area contributed by atoms with Gasteiger partial charge in [-0.25, -0.2) is 0 Å². The van der Waals surface area contributed by atoms with Crippen molar-refractivity contribution in [3.63, 3.8) is 0 Å². The van der Waals surface area contributed by atoms with Gasteiger partial charge in [0.1, 0.15) is 0 Å². The maximum Gasteiger partial charge on any atom is 0.307 e. The molecule has 68 valence electrons. The number of likely N-dealkylation sites (tertiary alicyclic amines) is 1. The van der Waals surface area contributed by atoms with Gasteiger partial charge in [0.25, 0.3) is 0 Å². The zero-order chi connectivity index (χ0) is 8.55. The van der Waals surface area contributed by atoms with E-state index >= 15 is 0 Å². The summed E-state index contributed by atoms with van der Waals surface area (Å²) in [6.45, 7) is 2.92. The topological polar surface area (TPSA) is 40.5 Å². The van der Waals surface area contributed by atoms with E-state index in [0.29, 0.717) is 0 Å². The molecule has 1 aliphatic carbocycles. The number of carboxylic acid groups (broad SMARTS) is 1. The summed E-state index contributed by atoms with van der Waals surface area (Å²) in [6.07, 6.45) is 3.56. The van der Waals surface area contributed by atoms with Gasteiger partial charge in [0.15, 0.2) is 0 Å². The summed E-state index contributed by atoms with van der Waals surface area (Å²) < 4.78 is 0. The SMILES string of the molecule is O=C(O)C1CCN(CC2CC2)C1. The molecular formula is C9H15NO2. The predicted octanol–water partition coefficient (Wildman–Crippen LogP) is 0.803. The molecule has 1 N–H and O–H groups in total. The fraction of sp³-hybridized carbons (Fsp3) is 0.889. The molecule has 0 aromatic carbocycles. The number of aliphatic carboxylic acids is 1. The monoisotopic (exact) mass is 169 g/mol. The molecule has 1 saturated carbocycles. The van der Waals surface area contributed by atoms with Gasteiger partial charge in [-0.3, -0.25) is 4.79 Å². The number of nitrogens with zero attached hydrogens (tertiary/aromatic N) is 1. The second-order valence-corrected chi connectivity index (χ2v) is 4.03. The minimum Gasteiger partial charge on any atom is -0.481 e. The van der Waals surface area contributed by atoms with Gasteiger partial charge >= 0.3 is 5.97 Å².